The molecule has 2 aromatic rings. The molecule has 0 N–H and O–H groups in total. The molecule has 1 aliphatic heterocycles. The van der Waals surface area contributed by atoms with Crippen molar-refractivity contribution in [3.05, 3.63) is 46.7 Å². The summed E-state index contributed by atoms with van der Waals surface area (Å²) in [6.07, 6.45) is 8.29. The lowest BCUT2D eigenvalue weighted by atomic mass is 9.98. The third-order valence-corrected chi connectivity index (χ3v) is 5.40. The average Bonchev–Trinajstić information content (AvgIpc) is 3.15. The van der Waals surface area contributed by atoms with Crippen LogP contribution in [-0.4, -0.2) is 52.4 Å². The molecule has 1 aliphatic rings. The molecule has 0 aliphatic carbocycles. The van der Waals surface area contributed by atoms with Gasteiger partial charge in [0.25, 0.3) is 0 Å². The van der Waals surface area contributed by atoms with Crippen LogP contribution in [0.15, 0.2) is 36.1 Å². The Balaban J connectivity index is 1.46. The molecule has 3 rings (SSSR count). The van der Waals surface area contributed by atoms with Gasteiger partial charge in [-0.25, -0.2) is 4.98 Å². The van der Waals surface area contributed by atoms with Gasteiger partial charge >= 0.3 is 0 Å². The first-order valence-corrected chi connectivity index (χ1v) is 9.35. The lowest BCUT2D eigenvalue weighted by molar-refractivity contribution is -0.132. The SMILES string of the molecule is CN(CCC(=O)N1CCC[C@H](c2nccs2)C1)Cc1cccnc1. The highest BCUT2D eigenvalue weighted by Gasteiger charge is 2.26. The molecule has 24 heavy (non-hydrogen) atoms. The zero-order chi connectivity index (χ0) is 16.8. The van der Waals surface area contributed by atoms with Crippen LogP contribution in [0.5, 0.6) is 0 Å². The number of amides is 1. The lowest BCUT2D eigenvalue weighted by Gasteiger charge is -2.32. The zero-order valence-corrected chi connectivity index (χ0v) is 14.9. The summed E-state index contributed by atoms with van der Waals surface area (Å²) in [5.41, 5.74) is 1.18. The lowest BCUT2D eigenvalue weighted by Crippen LogP contribution is -2.40. The molecule has 1 atom stereocenters. The third-order valence-electron chi connectivity index (χ3n) is 4.46. The van der Waals surface area contributed by atoms with Crippen LogP contribution >= 0.6 is 11.3 Å². The van der Waals surface area contributed by atoms with E-state index in [1.807, 2.05) is 28.7 Å². The van der Waals surface area contributed by atoms with Gasteiger partial charge in [-0.3, -0.25) is 9.78 Å². The van der Waals surface area contributed by atoms with Crippen LogP contribution in [0.25, 0.3) is 0 Å². The second-order valence-corrected chi connectivity index (χ2v) is 7.32. The normalized spacial score (nSPS) is 18.1. The van der Waals surface area contributed by atoms with Crippen LogP contribution in [0.4, 0.5) is 0 Å². The number of likely N-dealkylation sites (tertiary alicyclic amines) is 1. The quantitative estimate of drug-likeness (QED) is 0.808. The first kappa shape index (κ1) is 17.0. The first-order valence-electron chi connectivity index (χ1n) is 8.47. The average molecular weight is 344 g/mol. The van der Waals surface area contributed by atoms with Crippen molar-refractivity contribution < 1.29 is 4.79 Å². The third kappa shape index (κ3) is 4.61. The molecule has 1 fully saturated rings. The molecule has 0 unspecified atom stereocenters. The van der Waals surface area contributed by atoms with Crippen LogP contribution < -0.4 is 0 Å². The summed E-state index contributed by atoms with van der Waals surface area (Å²) >= 11 is 1.70. The number of hydrogen-bond acceptors (Lipinski definition) is 5. The van der Waals surface area contributed by atoms with E-state index >= 15 is 0 Å². The number of thiazole rings is 1. The maximum absolute atomic E-state index is 12.5. The summed E-state index contributed by atoms with van der Waals surface area (Å²) in [4.78, 5) is 25.3. The largest absolute Gasteiger partial charge is 0.342 e. The second kappa shape index (κ2) is 8.35. The predicted octanol–water partition coefficient (Wildman–Crippen LogP) is 2.77. The molecule has 0 aromatic carbocycles. The zero-order valence-electron chi connectivity index (χ0n) is 14.1. The molecule has 2 aromatic heterocycles. The molecule has 3 heterocycles. The Morgan fingerprint density at radius 2 is 2.38 bits per heavy atom. The smallest absolute Gasteiger partial charge is 0.223 e. The fourth-order valence-electron chi connectivity index (χ4n) is 3.17. The van der Waals surface area contributed by atoms with Gasteiger partial charge in [0.05, 0.1) is 5.01 Å². The Morgan fingerprint density at radius 1 is 1.46 bits per heavy atom. The summed E-state index contributed by atoms with van der Waals surface area (Å²) in [6.45, 7) is 3.29. The van der Waals surface area contributed by atoms with E-state index in [-0.39, 0.29) is 5.91 Å². The number of nitrogens with zero attached hydrogens (tertiary/aromatic N) is 4. The van der Waals surface area contributed by atoms with Gasteiger partial charge in [0.1, 0.15) is 0 Å². The van der Waals surface area contributed by atoms with Gasteiger partial charge in [-0.2, -0.15) is 0 Å². The van der Waals surface area contributed by atoms with Crippen molar-refractivity contribution in [1.29, 1.82) is 0 Å². The molecule has 0 radical (unpaired) electrons. The minimum Gasteiger partial charge on any atom is -0.342 e. The molecule has 0 bridgehead atoms. The molecule has 1 saturated heterocycles. The van der Waals surface area contributed by atoms with Crippen molar-refractivity contribution in [2.24, 2.45) is 0 Å². The van der Waals surface area contributed by atoms with Gasteiger partial charge in [0, 0.05) is 62.5 Å². The van der Waals surface area contributed by atoms with E-state index in [9.17, 15) is 4.79 Å². The topological polar surface area (TPSA) is 49.3 Å². The molecular formula is C18H24N4OS. The van der Waals surface area contributed by atoms with E-state index in [1.54, 1.807) is 17.5 Å². The van der Waals surface area contributed by atoms with Crippen molar-refractivity contribution in [2.75, 3.05) is 26.7 Å². The molecule has 128 valence electrons. The maximum atomic E-state index is 12.5. The molecular weight excluding hydrogens is 320 g/mol. The van der Waals surface area contributed by atoms with E-state index in [1.165, 1.54) is 10.6 Å². The van der Waals surface area contributed by atoms with Crippen LogP contribution in [0.2, 0.25) is 0 Å². The molecule has 5 nitrogen and oxygen atoms in total. The van der Waals surface area contributed by atoms with E-state index in [2.05, 4.69) is 28.0 Å². The van der Waals surface area contributed by atoms with Crippen molar-refractivity contribution in [3.63, 3.8) is 0 Å². The number of carbonyl (C=O) groups is 1. The van der Waals surface area contributed by atoms with Gasteiger partial charge in [-0.1, -0.05) is 6.07 Å². The minimum atomic E-state index is 0.259. The summed E-state index contributed by atoms with van der Waals surface area (Å²) in [6, 6.07) is 4.01. The second-order valence-electron chi connectivity index (χ2n) is 6.40. The summed E-state index contributed by atoms with van der Waals surface area (Å²) < 4.78 is 0. The molecule has 6 heteroatoms. The standard InChI is InChI=1S/C18H24N4OS/c1-21(13-15-4-2-7-19-12-15)10-6-17(23)22-9-3-5-16(14-22)18-20-8-11-24-18/h2,4,7-8,11-12,16H,3,5-6,9-10,13-14H2,1H3/t16-/m0/s1. The van der Waals surface area contributed by atoms with Gasteiger partial charge in [0.15, 0.2) is 0 Å². The summed E-state index contributed by atoms with van der Waals surface area (Å²) in [5.74, 6) is 0.671. The highest BCUT2D eigenvalue weighted by molar-refractivity contribution is 7.09. The van der Waals surface area contributed by atoms with Crippen LogP contribution in [0.3, 0.4) is 0 Å². The number of hydrogen-bond donors (Lipinski definition) is 0. The highest BCUT2D eigenvalue weighted by atomic mass is 32.1. The van der Waals surface area contributed by atoms with Crippen LogP contribution in [-0.2, 0) is 11.3 Å². The first-order chi connectivity index (χ1) is 11.7. The van der Waals surface area contributed by atoms with Gasteiger partial charge in [0.2, 0.25) is 5.91 Å². The van der Waals surface area contributed by atoms with Crippen LogP contribution in [0, 0.1) is 0 Å². The van der Waals surface area contributed by atoms with Gasteiger partial charge in [-0.05, 0) is 31.5 Å². The Morgan fingerprint density at radius 3 is 3.12 bits per heavy atom. The molecule has 1 amide bonds. The molecule has 0 saturated carbocycles. The van der Waals surface area contributed by atoms with Crippen molar-refractivity contribution in [1.82, 2.24) is 19.8 Å². The number of piperidine rings is 1. The Hall–Kier alpha value is -1.79. The number of pyridine rings is 1. The minimum absolute atomic E-state index is 0.259. The van der Waals surface area contributed by atoms with Crippen molar-refractivity contribution in [2.45, 2.75) is 31.7 Å². The van der Waals surface area contributed by atoms with Crippen molar-refractivity contribution >= 4 is 17.2 Å². The number of carbonyl (C=O) groups excluding carboxylic acids is 1. The van der Waals surface area contributed by atoms with E-state index in [0.29, 0.717) is 12.3 Å². The predicted molar refractivity (Wildman–Crippen MR) is 95.9 cm³/mol. The number of aromatic nitrogens is 2. The number of rotatable bonds is 6. The fraction of sp³-hybridized carbons (Fsp3) is 0.500. The van der Waals surface area contributed by atoms with E-state index in [4.69, 9.17) is 0 Å². The fourth-order valence-corrected chi connectivity index (χ4v) is 3.94. The summed E-state index contributed by atoms with van der Waals surface area (Å²) in [7, 11) is 2.05. The van der Waals surface area contributed by atoms with Gasteiger partial charge in [-0.15, -0.1) is 11.3 Å². The summed E-state index contributed by atoms with van der Waals surface area (Å²) in [5, 5.41) is 3.19. The Kier molecular flexibility index (Phi) is 5.93. The van der Waals surface area contributed by atoms with Crippen molar-refractivity contribution in [3.8, 4) is 0 Å². The maximum Gasteiger partial charge on any atom is 0.223 e. The van der Waals surface area contributed by atoms with Gasteiger partial charge < -0.3 is 9.80 Å². The van der Waals surface area contributed by atoms with E-state index < -0.39 is 0 Å². The molecule has 0 spiro atoms. The highest BCUT2D eigenvalue weighted by Crippen LogP contribution is 2.28. The Labute approximate surface area is 147 Å². The van der Waals surface area contributed by atoms with E-state index in [0.717, 1.165) is 39.0 Å². The monoisotopic (exact) mass is 344 g/mol. The van der Waals surface area contributed by atoms with Crippen LogP contribution in [0.1, 0.15) is 35.8 Å². The Bertz CT molecular complexity index is 632.